The average molecular weight is 297 g/mol. The zero-order chi connectivity index (χ0) is 15.8. The lowest BCUT2D eigenvalue weighted by molar-refractivity contribution is 1.14. The van der Waals surface area contributed by atoms with Gasteiger partial charge >= 0.3 is 0 Å². The second-order valence-electron chi connectivity index (χ2n) is 6.14. The summed E-state index contributed by atoms with van der Waals surface area (Å²) >= 11 is 0. The molecule has 4 aromatic rings. The fourth-order valence-electron chi connectivity index (χ4n) is 3.29. The average Bonchev–Trinajstić information content (AvgIpc) is 2.60. The van der Waals surface area contributed by atoms with Gasteiger partial charge < -0.3 is 4.90 Å². The zero-order valence-corrected chi connectivity index (χ0v) is 13.5. The number of rotatable bonds is 2. The summed E-state index contributed by atoms with van der Waals surface area (Å²) in [5.41, 5.74) is 3.81. The van der Waals surface area contributed by atoms with Crippen molar-refractivity contribution in [3.05, 3.63) is 78.9 Å². The highest BCUT2D eigenvalue weighted by Gasteiger charge is 2.09. The summed E-state index contributed by atoms with van der Waals surface area (Å²) in [4.78, 5) is 2.19. The van der Waals surface area contributed by atoms with E-state index in [9.17, 15) is 0 Å². The van der Waals surface area contributed by atoms with Crippen molar-refractivity contribution < 1.29 is 0 Å². The molecular formula is C22H19N. The van der Waals surface area contributed by atoms with Crippen LogP contribution in [-0.2, 0) is 0 Å². The van der Waals surface area contributed by atoms with Crippen LogP contribution in [0.5, 0.6) is 0 Å². The van der Waals surface area contributed by atoms with Gasteiger partial charge in [0.15, 0.2) is 0 Å². The summed E-state index contributed by atoms with van der Waals surface area (Å²) in [5.74, 6) is 0. The van der Waals surface area contributed by atoms with E-state index in [1.54, 1.807) is 0 Å². The van der Waals surface area contributed by atoms with E-state index in [-0.39, 0.29) is 0 Å². The molecule has 0 atom stereocenters. The summed E-state index contributed by atoms with van der Waals surface area (Å²) in [7, 11) is 4.21. The van der Waals surface area contributed by atoms with Crippen LogP contribution in [0.4, 0.5) is 5.69 Å². The van der Waals surface area contributed by atoms with E-state index >= 15 is 0 Å². The van der Waals surface area contributed by atoms with E-state index in [1.165, 1.54) is 38.4 Å². The number of fused-ring (bicyclic) bond motifs is 2. The van der Waals surface area contributed by atoms with Gasteiger partial charge in [-0.2, -0.15) is 0 Å². The Morgan fingerprint density at radius 1 is 0.609 bits per heavy atom. The van der Waals surface area contributed by atoms with Gasteiger partial charge in [0.25, 0.3) is 0 Å². The molecule has 1 nitrogen and oxygen atoms in total. The van der Waals surface area contributed by atoms with Crippen LogP contribution in [-0.4, -0.2) is 14.1 Å². The molecule has 0 fully saturated rings. The molecule has 23 heavy (non-hydrogen) atoms. The quantitative estimate of drug-likeness (QED) is 0.457. The summed E-state index contributed by atoms with van der Waals surface area (Å²) in [6.07, 6.45) is 0. The van der Waals surface area contributed by atoms with Gasteiger partial charge in [-0.25, -0.2) is 0 Å². The van der Waals surface area contributed by atoms with Crippen molar-refractivity contribution in [1.82, 2.24) is 0 Å². The van der Waals surface area contributed by atoms with Crippen LogP contribution in [0.25, 0.3) is 32.7 Å². The predicted molar refractivity (Wildman–Crippen MR) is 101 cm³/mol. The SMILES string of the molecule is CN(C)c1cccc2cccc(-c3ccc4ccccc4c3)c12. The molecule has 0 saturated carbocycles. The van der Waals surface area contributed by atoms with Crippen LogP contribution >= 0.6 is 0 Å². The smallest absolute Gasteiger partial charge is 0.0447 e. The molecule has 1 heteroatoms. The minimum absolute atomic E-state index is 1.26. The standard InChI is InChI=1S/C22H19N/c1-23(2)21-12-6-10-17-9-5-11-20(22(17)21)19-14-13-16-7-3-4-8-18(16)15-19/h3-15H,1-2H3. The van der Waals surface area contributed by atoms with Crippen LogP contribution in [0.15, 0.2) is 78.9 Å². The summed E-state index contributed by atoms with van der Waals surface area (Å²) in [5, 5.41) is 5.16. The Morgan fingerprint density at radius 3 is 2.09 bits per heavy atom. The molecular weight excluding hydrogens is 278 g/mol. The van der Waals surface area contributed by atoms with Crippen LogP contribution in [0.1, 0.15) is 0 Å². The molecule has 0 aliphatic rings. The van der Waals surface area contributed by atoms with Crippen molar-refractivity contribution in [2.45, 2.75) is 0 Å². The van der Waals surface area contributed by atoms with Crippen molar-refractivity contribution >= 4 is 27.2 Å². The summed E-state index contributed by atoms with van der Waals surface area (Å²) in [6.45, 7) is 0. The summed E-state index contributed by atoms with van der Waals surface area (Å²) < 4.78 is 0. The number of hydrogen-bond acceptors (Lipinski definition) is 1. The second kappa shape index (κ2) is 5.44. The Kier molecular flexibility index (Phi) is 3.27. The minimum Gasteiger partial charge on any atom is -0.377 e. The Bertz CT molecular complexity index is 994. The third-order valence-corrected chi connectivity index (χ3v) is 4.42. The Labute approximate surface area is 136 Å². The fraction of sp³-hybridized carbons (Fsp3) is 0.0909. The Hall–Kier alpha value is -2.80. The first-order valence-electron chi connectivity index (χ1n) is 7.92. The van der Waals surface area contributed by atoms with Gasteiger partial charge in [-0.05, 0) is 39.4 Å². The van der Waals surface area contributed by atoms with Gasteiger partial charge in [-0.15, -0.1) is 0 Å². The molecule has 0 amide bonds. The lowest BCUT2D eigenvalue weighted by Gasteiger charge is -2.18. The monoisotopic (exact) mass is 297 g/mol. The molecule has 112 valence electrons. The highest BCUT2D eigenvalue weighted by atomic mass is 15.1. The van der Waals surface area contributed by atoms with Gasteiger partial charge in [0.2, 0.25) is 0 Å². The van der Waals surface area contributed by atoms with Gasteiger partial charge in [0.1, 0.15) is 0 Å². The number of anilines is 1. The molecule has 0 radical (unpaired) electrons. The van der Waals surface area contributed by atoms with E-state index in [2.05, 4.69) is 97.9 Å². The molecule has 0 saturated heterocycles. The molecule has 0 aliphatic heterocycles. The Balaban J connectivity index is 2.03. The Morgan fingerprint density at radius 2 is 1.30 bits per heavy atom. The highest BCUT2D eigenvalue weighted by molar-refractivity contribution is 6.06. The maximum absolute atomic E-state index is 2.29. The predicted octanol–water partition coefficient (Wildman–Crippen LogP) is 5.73. The normalized spacial score (nSPS) is 11.0. The van der Waals surface area contributed by atoms with E-state index < -0.39 is 0 Å². The van der Waals surface area contributed by atoms with Crippen molar-refractivity contribution in [2.24, 2.45) is 0 Å². The lowest BCUT2D eigenvalue weighted by atomic mass is 9.95. The molecule has 4 rings (SSSR count). The summed E-state index contributed by atoms with van der Waals surface area (Å²) in [6, 6.07) is 28.3. The first kappa shape index (κ1) is 13.8. The molecule has 0 unspecified atom stereocenters. The van der Waals surface area contributed by atoms with Gasteiger partial charge in [-0.1, -0.05) is 66.7 Å². The molecule has 0 aliphatic carbocycles. The number of benzene rings is 4. The van der Waals surface area contributed by atoms with Crippen LogP contribution in [0, 0.1) is 0 Å². The van der Waals surface area contributed by atoms with E-state index in [1.807, 2.05) is 0 Å². The maximum atomic E-state index is 2.29. The molecule has 0 heterocycles. The first-order valence-corrected chi connectivity index (χ1v) is 7.92. The van der Waals surface area contributed by atoms with E-state index in [0.29, 0.717) is 0 Å². The van der Waals surface area contributed by atoms with Crippen LogP contribution in [0.2, 0.25) is 0 Å². The number of hydrogen-bond donors (Lipinski definition) is 0. The van der Waals surface area contributed by atoms with Crippen LogP contribution in [0.3, 0.4) is 0 Å². The van der Waals surface area contributed by atoms with Crippen molar-refractivity contribution in [1.29, 1.82) is 0 Å². The molecule has 0 aromatic heterocycles. The second-order valence-corrected chi connectivity index (χ2v) is 6.14. The maximum Gasteiger partial charge on any atom is 0.0447 e. The van der Waals surface area contributed by atoms with Gasteiger partial charge in [0, 0.05) is 25.2 Å². The first-order chi connectivity index (χ1) is 11.2. The molecule has 0 bridgehead atoms. The minimum atomic E-state index is 1.26. The number of nitrogens with zero attached hydrogens (tertiary/aromatic N) is 1. The van der Waals surface area contributed by atoms with Crippen molar-refractivity contribution in [2.75, 3.05) is 19.0 Å². The van der Waals surface area contributed by atoms with Crippen molar-refractivity contribution in [3.63, 3.8) is 0 Å². The molecule has 4 aromatic carbocycles. The van der Waals surface area contributed by atoms with Crippen molar-refractivity contribution in [3.8, 4) is 11.1 Å². The van der Waals surface area contributed by atoms with Crippen LogP contribution < -0.4 is 4.90 Å². The lowest BCUT2D eigenvalue weighted by Crippen LogP contribution is -2.09. The molecule has 0 N–H and O–H groups in total. The third-order valence-electron chi connectivity index (χ3n) is 4.42. The topological polar surface area (TPSA) is 3.24 Å². The third kappa shape index (κ3) is 2.35. The van der Waals surface area contributed by atoms with Gasteiger partial charge in [0.05, 0.1) is 0 Å². The van der Waals surface area contributed by atoms with E-state index in [4.69, 9.17) is 0 Å². The zero-order valence-electron chi connectivity index (χ0n) is 13.5. The highest BCUT2D eigenvalue weighted by Crippen LogP contribution is 2.36. The fourth-order valence-corrected chi connectivity index (χ4v) is 3.29. The molecule has 0 spiro atoms. The van der Waals surface area contributed by atoms with Gasteiger partial charge in [-0.3, -0.25) is 0 Å². The van der Waals surface area contributed by atoms with E-state index in [0.717, 1.165) is 0 Å². The largest absolute Gasteiger partial charge is 0.377 e.